The van der Waals surface area contributed by atoms with Crippen molar-refractivity contribution in [2.24, 2.45) is 5.92 Å². The third-order valence-corrected chi connectivity index (χ3v) is 2.28. The Morgan fingerprint density at radius 1 is 1.44 bits per heavy atom. The van der Waals surface area contributed by atoms with Gasteiger partial charge in [-0.15, -0.1) is 0 Å². The Hall–Kier alpha value is 0.0200. The Bertz CT molecular complexity index is 105. The molecule has 1 saturated carbocycles. The summed E-state index contributed by atoms with van der Waals surface area (Å²) in [5.74, 6) is 1.14. The van der Waals surface area contributed by atoms with Crippen LogP contribution in [0.4, 0.5) is 0 Å². The zero-order valence-corrected chi connectivity index (χ0v) is 6.36. The van der Waals surface area contributed by atoms with Gasteiger partial charge >= 0.3 is 0 Å². The lowest BCUT2D eigenvalue weighted by Gasteiger charge is -2.02. The third-order valence-electron chi connectivity index (χ3n) is 1.97. The molecule has 0 aliphatic heterocycles. The molecule has 0 aromatic rings. The maximum Gasteiger partial charge on any atom is 0.145 e. The number of ketones is 1. The van der Waals surface area contributed by atoms with Crippen molar-refractivity contribution in [1.82, 2.24) is 0 Å². The highest BCUT2D eigenvalue weighted by atomic mass is 32.1. The van der Waals surface area contributed by atoms with Gasteiger partial charge in [-0.3, -0.25) is 4.79 Å². The summed E-state index contributed by atoms with van der Waals surface area (Å²) in [6.45, 7) is 0. The maximum atomic E-state index is 10.9. The van der Waals surface area contributed by atoms with E-state index in [0.717, 1.165) is 12.8 Å². The van der Waals surface area contributed by atoms with Crippen molar-refractivity contribution in [3.8, 4) is 0 Å². The first-order valence-electron chi connectivity index (χ1n) is 3.48. The zero-order valence-electron chi connectivity index (χ0n) is 5.47. The predicted molar refractivity (Wildman–Crippen MR) is 40.8 cm³/mol. The van der Waals surface area contributed by atoms with Crippen LogP contribution >= 0.6 is 12.6 Å². The van der Waals surface area contributed by atoms with Gasteiger partial charge in [0.1, 0.15) is 5.78 Å². The lowest BCUT2D eigenvalue weighted by atomic mass is 10.0. The summed E-state index contributed by atoms with van der Waals surface area (Å²) in [6, 6.07) is 0. The zero-order chi connectivity index (χ0) is 6.69. The summed E-state index contributed by atoms with van der Waals surface area (Å²) >= 11 is 3.94. The van der Waals surface area contributed by atoms with Crippen molar-refractivity contribution in [2.75, 3.05) is 5.75 Å². The second kappa shape index (κ2) is 3.25. The van der Waals surface area contributed by atoms with Gasteiger partial charge in [-0.25, -0.2) is 0 Å². The van der Waals surface area contributed by atoms with Gasteiger partial charge in [-0.05, 0) is 12.8 Å². The highest BCUT2D eigenvalue weighted by Gasteiger charge is 2.20. The monoisotopic (exact) mass is 144 g/mol. The molecule has 0 atom stereocenters. The van der Waals surface area contributed by atoms with Gasteiger partial charge in [-0.1, -0.05) is 12.8 Å². The van der Waals surface area contributed by atoms with E-state index in [9.17, 15) is 4.79 Å². The molecule has 1 aliphatic rings. The summed E-state index contributed by atoms with van der Waals surface area (Å²) in [5.41, 5.74) is 0. The fourth-order valence-electron chi connectivity index (χ4n) is 1.38. The molecule has 0 heterocycles. The van der Waals surface area contributed by atoms with Crippen LogP contribution in [0.15, 0.2) is 0 Å². The SMILES string of the molecule is O=C(CS)C1CCCC1. The number of carbonyl (C=O) groups excluding carboxylic acids is 1. The molecule has 2 heteroatoms. The molecule has 0 spiro atoms. The Morgan fingerprint density at radius 3 is 2.44 bits per heavy atom. The molecule has 0 unspecified atom stereocenters. The fraction of sp³-hybridized carbons (Fsp3) is 0.857. The quantitative estimate of drug-likeness (QED) is 0.583. The number of hydrogen-bond acceptors (Lipinski definition) is 2. The summed E-state index contributed by atoms with van der Waals surface area (Å²) in [4.78, 5) is 10.9. The molecular weight excluding hydrogens is 132 g/mol. The van der Waals surface area contributed by atoms with Crippen LogP contribution < -0.4 is 0 Å². The topological polar surface area (TPSA) is 17.1 Å². The first kappa shape index (κ1) is 7.13. The number of carbonyl (C=O) groups is 1. The predicted octanol–water partition coefficient (Wildman–Crippen LogP) is 1.68. The van der Waals surface area contributed by atoms with E-state index in [-0.39, 0.29) is 0 Å². The molecule has 9 heavy (non-hydrogen) atoms. The molecule has 0 radical (unpaired) electrons. The van der Waals surface area contributed by atoms with Crippen LogP contribution in [0.5, 0.6) is 0 Å². The highest BCUT2D eigenvalue weighted by Crippen LogP contribution is 2.25. The van der Waals surface area contributed by atoms with Gasteiger partial charge in [0.05, 0.1) is 0 Å². The van der Waals surface area contributed by atoms with E-state index in [1.807, 2.05) is 0 Å². The molecule has 1 aliphatic carbocycles. The van der Waals surface area contributed by atoms with E-state index in [4.69, 9.17) is 0 Å². The third kappa shape index (κ3) is 1.71. The molecule has 0 amide bonds. The Kier molecular flexibility index (Phi) is 2.58. The van der Waals surface area contributed by atoms with E-state index < -0.39 is 0 Å². The standard InChI is InChI=1S/C7H12OS/c8-7(5-9)6-3-1-2-4-6/h6,9H,1-5H2. The van der Waals surface area contributed by atoms with E-state index in [0.29, 0.717) is 17.5 Å². The molecule has 1 rings (SSSR count). The van der Waals surface area contributed by atoms with Crippen LogP contribution in [0, 0.1) is 5.92 Å². The first-order chi connectivity index (χ1) is 4.34. The average Bonchev–Trinajstić information content (AvgIpc) is 2.37. The minimum atomic E-state index is 0.343. The van der Waals surface area contributed by atoms with Crippen LogP contribution in [0.3, 0.4) is 0 Å². The smallest absolute Gasteiger partial charge is 0.145 e. The molecule has 0 N–H and O–H groups in total. The largest absolute Gasteiger partial charge is 0.298 e. The molecule has 0 aromatic carbocycles. The second-order valence-corrected chi connectivity index (χ2v) is 2.92. The van der Waals surface area contributed by atoms with Gasteiger partial charge in [0, 0.05) is 11.7 Å². The number of rotatable bonds is 2. The van der Waals surface area contributed by atoms with E-state index in [1.165, 1.54) is 12.8 Å². The first-order valence-corrected chi connectivity index (χ1v) is 4.11. The van der Waals surface area contributed by atoms with Crippen LogP contribution in [-0.2, 0) is 4.79 Å². The summed E-state index contributed by atoms with van der Waals surface area (Å²) in [7, 11) is 0. The van der Waals surface area contributed by atoms with Crippen molar-refractivity contribution in [1.29, 1.82) is 0 Å². The Morgan fingerprint density at radius 2 is 2.00 bits per heavy atom. The normalized spacial score (nSPS) is 20.6. The molecular formula is C7H12OS. The second-order valence-electron chi connectivity index (χ2n) is 2.61. The summed E-state index contributed by atoms with van der Waals surface area (Å²) in [5, 5.41) is 0. The summed E-state index contributed by atoms with van der Waals surface area (Å²) < 4.78 is 0. The van der Waals surface area contributed by atoms with Crippen LogP contribution in [0.2, 0.25) is 0 Å². The van der Waals surface area contributed by atoms with Crippen molar-refractivity contribution in [2.45, 2.75) is 25.7 Å². The number of hydrogen-bond donors (Lipinski definition) is 1. The van der Waals surface area contributed by atoms with E-state index in [1.54, 1.807) is 0 Å². The molecule has 1 fully saturated rings. The van der Waals surface area contributed by atoms with Crippen molar-refractivity contribution in [3.05, 3.63) is 0 Å². The number of thiol groups is 1. The molecule has 52 valence electrons. The van der Waals surface area contributed by atoms with Gasteiger partial charge < -0.3 is 0 Å². The lowest BCUT2D eigenvalue weighted by molar-refractivity contribution is -0.120. The van der Waals surface area contributed by atoms with Gasteiger partial charge in [0.25, 0.3) is 0 Å². The minimum absolute atomic E-state index is 0.343. The van der Waals surface area contributed by atoms with Crippen LogP contribution in [-0.4, -0.2) is 11.5 Å². The highest BCUT2D eigenvalue weighted by molar-refractivity contribution is 7.81. The fourth-order valence-corrected chi connectivity index (χ4v) is 1.64. The van der Waals surface area contributed by atoms with E-state index >= 15 is 0 Å². The summed E-state index contributed by atoms with van der Waals surface area (Å²) in [6.07, 6.45) is 4.70. The Balaban J connectivity index is 2.32. The molecule has 1 nitrogen and oxygen atoms in total. The van der Waals surface area contributed by atoms with Crippen molar-refractivity contribution < 1.29 is 4.79 Å². The van der Waals surface area contributed by atoms with Gasteiger partial charge in [0.2, 0.25) is 0 Å². The van der Waals surface area contributed by atoms with Gasteiger partial charge in [0.15, 0.2) is 0 Å². The van der Waals surface area contributed by atoms with Crippen LogP contribution in [0.1, 0.15) is 25.7 Å². The number of Topliss-reactive ketones (excluding diaryl/α,β-unsaturated/α-hetero) is 1. The molecule has 0 aromatic heterocycles. The lowest BCUT2D eigenvalue weighted by Crippen LogP contribution is -2.11. The van der Waals surface area contributed by atoms with Crippen LogP contribution in [0.25, 0.3) is 0 Å². The average molecular weight is 144 g/mol. The molecule has 0 bridgehead atoms. The molecule has 0 saturated heterocycles. The van der Waals surface area contributed by atoms with Crippen molar-refractivity contribution in [3.63, 3.8) is 0 Å². The van der Waals surface area contributed by atoms with E-state index in [2.05, 4.69) is 12.6 Å². The van der Waals surface area contributed by atoms with Crippen molar-refractivity contribution >= 4 is 18.4 Å². The van der Waals surface area contributed by atoms with Gasteiger partial charge in [-0.2, -0.15) is 12.6 Å². The Labute approximate surface area is 61.2 Å². The minimum Gasteiger partial charge on any atom is -0.298 e. The maximum absolute atomic E-state index is 10.9.